The van der Waals surface area contributed by atoms with Crippen LogP contribution in [0.2, 0.25) is 0 Å². The van der Waals surface area contributed by atoms with E-state index < -0.39 is 0 Å². The topological polar surface area (TPSA) is 51.8 Å². The molecule has 3 unspecified atom stereocenters. The number of nitrogens with zero attached hydrogens (tertiary/aromatic N) is 3. The third kappa shape index (κ3) is 5.04. The Bertz CT molecular complexity index is 3190. The molecule has 2 aliphatic carbocycles. The summed E-state index contributed by atoms with van der Waals surface area (Å²) in [6.07, 6.45) is 12.1. The SMILES string of the molecule is C1=CC2c3ccccc3SC2C(c2nc(-c3ccc4c(ccc5ccccc54)c3)nc(C3C=Cc4cc(-c5cccc6oc7ccccc7c56)ccc4C3)n2)=C1. The molecule has 0 fully saturated rings. The second-order valence-corrected chi connectivity index (χ2v) is 16.2. The van der Waals surface area contributed by atoms with Crippen LogP contribution in [0.3, 0.4) is 0 Å². The fourth-order valence-corrected chi connectivity index (χ4v) is 10.5. The van der Waals surface area contributed by atoms with Gasteiger partial charge in [0, 0.05) is 43.9 Å². The van der Waals surface area contributed by atoms with E-state index in [1.807, 2.05) is 23.9 Å². The van der Waals surface area contributed by atoms with Gasteiger partial charge in [-0.25, -0.2) is 15.0 Å². The molecule has 1 aliphatic heterocycles. The maximum Gasteiger partial charge on any atom is 0.163 e. The fraction of sp³-hybridized carbons (Fsp3) is 0.0784. The number of hydrogen-bond acceptors (Lipinski definition) is 5. The van der Waals surface area contributed by atoms with Crippen LogP contribution in [-0.4, -0.2) is 20.2 Å². The second-order valence-electron chi connectivity index (χ2n) is 15.0. The van der Waals surface area contributed by atoms with Gasteiger partial charge in [0.2, 0.25) is 0 Å². The first-order valence-corrected chi connectivity index (χ1v) is 20.1. The monoisotopic (exact) mass is 735 g/mol. The highest BCUT2D eigenvalue weighted by molar-refractivity contribution is 8.00. The zero-order valence-electron chi connectivity index (χ0n) is 30.3. The Kier molecular flexibility index (Phi) is 7.08. The van der Waals surface area contributed by atoms with E-state index in [4.69, 9.17) is 19.4 Å². The summed E-state index contributed by atoms with van der Waals surface area (Å²) in [5, 5.41) is 7.40. The van der Waals surface area contributed by atoms with Gasteiger partial charge in [-0.05, 0) is 86.1 Å². The molecule has 5 heteroatoms. The number of fused-ring (bicyclic) bond motifs is 10. The van der Waals surface area contributed by atoms with Crippen LogP contribution in [0.15, 0.2) is 173 Å². The number of aromatic nitrogens is 3. The van der Waals surface area contributed by atoms with E-state index in [1.165, 1.54) is 54.3 Å². The predicted octanol–water partition coefficient (Wildman–Crippen LogP) is 13.0. The number of allylic oxidation sites excluding steroid dienone is 4. The van der Waals surface area contributed by atoms with E-state index in [1.54, 1.807) is 0 Å². The van der Waals surface area contributed by atoms with Crippen LogP contribution in [0.4, 0.5) is 0 Å². The average Bonchev–Trinajstić information content (AvgIpc) is 3.84. The molecule has 9 aromatic rings. The molecule has 2 aromatic heterocycles. The van der Waals surface area contributed by atoms with Gasteiger partial charge in [0.1, 0.15) is 17.0 Å². The standard InChI is InChI=1S/C51H33N3OS/c1-2-10-37-30(9-1)19-22-33-29-36(25-26-38(33)37)50-52-49(53-51(54-50)43-15-7-14-41-40-11-4-6-18-46(40)56-48(41)43)35-24-21-31-27-34(23-20-32(31)28-35)39-13-8-17-45-47(39)42-12-3-5-16-44(42)55-45/h1-27,29,35,41,48H,28H2. The summed E-state index contributed by atoms with van der Waals surface area (Å²) >= 11 is 1.92. The predicted molar refractivity (Wildman–Crippen MR) is 231 cm³/mol. The number of hydrogen-bond donors (Lipinski definition) is 0. The lowest BCUT2D eigenvalue weighted by atomic mass is 9.86. The smallest absolute Gasteiger partial charge is 0.163 e. The molecule has 7 aromatic carbocycles. The van der Waals surface area contributed by atoms with Crippen molar-refractivity contribution in [3.05, 3.63) is 192 Å². The van der Waals surface area contributed by atoms with Gasteiger partial charge in [-0.15, -0.1) is 11.8 Å². The Balaban J connectivity index is 0.950. The Morgan fingerprint density at radius 3 is 2.39 bits per heavy atom. The molecule has 3 heterocycles. The Morgan fingerprint density at radius 2 is 1.41 bits per heavy atom. The van der Waals surface area contributed by atoms with Crippen molar-refractivity contribution < 1.29 is 4.42 Å². The van der Waals surface area contributed by atoms with Gasteiger partial charge in [-0.2, -0.15) is 0 Å². The number of rotatable bonds is 4. The molecule has 0 radical (unpaired) electrons. The first kappa shape index (κ1) is 31.8. The third-order valence-electron chi connectivity index (χ3n) is 11.8. The molecule has 0 saturated carbocycles. The molecule has 0 amide bonds. The van der Waals surface area contributed by atoms with Crippen molar-refractivity contribution in [3.8, 4) is 22.5 Å². The lowest BCUT2D eigenvalue weighted by Crippen LogP contribution is -2.18. The number of benzene rings is 7. The highest BCUT2D eigenvalue weighted by Gasteiger charge is 2.37. The Morgan fingerprint density at radius 1 is 0.607 bits per heavy atom. The van der Waals surface area contributed by atoms with Gasteiger partial charge in [-0.1, -0.05) is 140 Å². The molecule has 0 N–H and O–H groups in total. The molecule has 4 nitrogen and oxygen atoms in total. The highest BCUT2D eigenvalue weighted by atomic mass is 32.2. The third-order valence-corrected chi connectivity index (χ3v) is 13.2. The summed E-state index contributed by atoms with van der Waals surface area (Å²) < 4.78 is 6.22. The first-order chi connectivity index (χ1) is 27.7. The zero-order valence-corrected chi connectivity index (χ0v) is 31.1. The second kappa shape index (κ2) is 12.5. The van der Waals surface area contributed by atoms with E-state index in [-0.39, 0.29) is 17.1 Å². The average molecular weight is 736 g/mol. The van der Waals surface area contributed by atoms with Crippen molar-refractivity contribution in [2.75, 3.05) is 0 Å². The van der Waals surface area contributed by atoms with Gasteiger partial charge >= 0.3 is 0 Å². The molecule has 3 atom stereocenters. The van der Waals surface area contributed by atoms with E-state index in [9.17, 15) is 0 Å². The van der Waals surface area contributed by atoms with Crippen molar-refractivity contribution in [1.82, 2.24) is 15.0 Å². The van der Waals surface area contributed by atoms with Crippen molar-refractivity contribution in [3.63, 3.8) is 0 Å². The van der Waals surface area contributed by atoms with E-state index >= 15 is 0 Å². The molecule has 0 saturated heterocycles. The van der Waals surface area contributed by atoms with Crippen LogP contribution in [0.5, 0.6) is 0 Å². The summed E-state index contributed by atoms with van der Waals surface area (Å²) in [4.78, 5) is 17.2. The lowest BCUT2D eigenvalue weighted by Gasteiger charge is -2.24. The first-order valence-electron chi connectivity index (χ1n) is 19.3. The lowest BCUT2D eigenvalue weighted by molar-refractivity contribution is 0.669. The molecular formula is C51H33N3OS. The molecule has 0 spiro atoms. The summed E-state index contributed by atoms with van der Waals surface area (Å²) in [5.74, 6) is 2.57. The normalized spacial score (nSPS) is 18.4. The van der Waals surface area contributed by atoms with Crippen LogP contribution in [-0.2, 0) is 6.42 Å². The van der Waals surface area contributed by atoms with Crippen molar-refractivity contribution in [2.24, 2.45) is 0 Å². The van der Waals surface area contributed by atoms with Crippen molar-refractivity contribution in [2.45, 2.75) is 28.4 Å². The Labute approximate surface area is 328 Å². The quantitative estimate of drug-likeness (QED) is 0.168. The van der Waals surface area contributed by atoms with Gasteiger partial charge in [-0.3, -0.25) is 0 Å². The largest absolute Gasteiger partial charge is 0.456 e. The Hall–Kier alpha value is -6.56. The highest BCUT2D eigenvalue weighted by Crippen LogP contribution is 2.52. The minimum absolute atomic E-state index is 0.00320. The summed E-state index contributed by atoms with van der Waals surface area (Å²) in [6, 6.07) is 49.9. The summed E-state index contributed by atoms with van der Waals surface area (Å²) in [5.41, 5.74) is 10.2. The van der Waals surface area contributed by atoms with Gasteiger partial charge in [0.15, 0.2) is 11.6 Å². The molecule has 264 valence electrons. The molecule has 56 heavy (non-hydrogen) atoms. The van der Waals surface area contributed by atoms with E-state index in [0.29, 0.717) is 5.82 Å². The van der Waals surface area contributed by atoms with Crippen LogP contribution >= 0.6 is 11.8 Å². The van der Waals surface area contributed by atoms with Gasteiger partial charge in [0.25, 0.3) is 0 Å². The van der Waals surface area contributed by atoms with Crippen LogP contribution in [0.1, 0.15) is 40.2 Å². The van der Waals surface area contributed by atoms with E-state index in [0.717, 1.165) is 51.1 Å². The maximum absolute atomic E-state index is 6.22. The minimum atomic E-state index is 0.00320. The summed E-state index contributed by atoms with van der Waals surface area (Å²) in [7, 11) is 0. The van der Waals surface area contributed by atoms with Crippen LogP contribution < -0.4 is 0 Å². The molecular weight excluding hydrogens is 703 g/mol. The van der Waals surface area contributed by atoms with Crippen LogP contribution in [0, 0.1) is 0 Å². The molecule has 0 bridgehead atoms. The number of furan rings is 1. The number of thioether (sulfide) groups is 1. The fourth-order valence-electron chi connectivity index (χ4n) is 9.06. The van der Waals surface area contributed by atoms with Gasteiger partial charge in [0.05, 0.1) is 0 Å². The van der Waals surface area contributed by atoms with Crippen molar-refractivity contribution in [1.29, 1.82) is 0 Å². The molecule has 3 aliphatic rings. The van der Waals surface area contributed by atoms with Crippen LogP contribution in [0.25, 0.3) is 77.6 Å². The van der Waals surface area contributed by atoms with E-state index in [2.05, 4.69) is 158 Å². The number of para-hydroxylation sites is 1. The maximum atomic E-state index is 6.22. The van der Waals surface area contributed by atoms with Gasteiger partial charge < -0.3 is 4.42 Å². The minimum Gasteiger partial charge on any atom is -0.456 e. The van der Waals surface area contributed by atoms with Crippen molar-refractivity contribution >= 4 is 66.9 Å². The summed E-state index contributed by atoms with van der Waals surface area (Å²) in [6.45, 7) is 0. The molecule has 12 rings (SSSR count). The zero-order chi connectivity index (χ0) is 36.7.